The van der Waals surface area contributed by atoms with Gasteiger partial charge in [-0.3, -0.25) is 0 Å². The Hall–Kier alpha value is -2.84. The predicted molar refractivity (Wildman–Crippen MR) is 97.9 cm³/mol. The molecular formula is C21H13BF8. The van der Waals surface area contributed by atoms with E-state index in [4.69, 9.17) is 0 Å². The third-order valence-electron chi connectivity index (χ3n) is 5.07. The molecule has 0 aliphatic heterocycles. The molecule has 0 aliphatic rings. The van der Waals surface area contributed by atoms with Gasteiger partial charge in [0.15, 0.2) is 23.3 Å². The molecule has 0 bridgehead atoms. The van der Waals surface area contributed by atoms with Crippen molar-refractivity contribution in [3.05, 3.63) is 87.5 Å². The maximum Gasteiger partial charge on any atom is 0.253 e. The maximum absolute atomic E-state index is 14.8. The van der Waals surface area contributed by atoms with Crippen LogP contribution in [0.4, 0.5) is 35.1 Å². The van der Waals surface area contributed by atoms with Crippen LogP contribution in [-0.2, 0) is 0 Å². The third kappa shape index (κ3) is 3.46. The van der Waals surface area contributed by atoms with Crippen LogP contribution >= 0.6 is 0 Å². The van der Waals surface area contributed by atoms with Crippen LogP contribution in [0.1, 0.15) is 16.7 Å². The van der Waals surface area contributed by atoms with Crippen LogP contribution in [0.5, 0.6) is 0 Å². The molecule has 156 valence electrons. The monoisotopic (exact) mass is 428 g/mol. The van der Waals surface area contributed by atoms with Crippen molar-refractivity contribution in [2.24, 2.45) is 0 Å². The Balaban J connectivity index is 2.50. The molecule has 3 rings (SSSR count). The Morgan fingerprint density at radius 1 is 0.500 bits per heavy atom. The lowest BCUT2D eigenvalue weighted by Gasteiger charge is -2.22. The van der Waals surface area contributed by atoms with Gasteiger partial charge in [-0.15, -0.1) is 0 Å². The Morgan fingerprint density at radius 3 is 1.33 bits per heavy atom. The third-order valence-corrected chi connectivity index (χ3v) is 5.07. The Kier molecular flexibility index (Phi) is 5.67. The molecule has 0 saturated carbocycles. The van der Waals surface area contributed by atoms with E-state index in [1.54, 1.807) is 0 Å². The van der Waals surface area contributed by atoms with Crippen LogP contribution in [0.3, 0.4) is 0 Å². The molecule has 0 aliphatic carbocycles. The van der Waals surface area contributed by atoms with Gasteiger partial charge in [-0.05, 0) is 53.8 Å². The van der Waals surface area contributed by atoms with Gasteiger partial charge < -0.3 is 0 Å². The highest BCUT2D eigenvalue weighted by Gasteiger charge is 2.36. The second-order valence-electron chi connectivity index (χ2n) is 6.94. The van der Waals surface area contributed by atoms with E-state index in [2.05, 4.69) is 0 Å². The van der Waals surface area contributed by atoms with Crippen LogP contribution in [0.15, 0.2) is 24.3 Å². The molecule has 0 radical (unpaired) electrons. The molecule has 0 fully saturated rings. The molecule has 30 heavy (non-hydrogen) atoms. The van der Waals surface area contributed by atoms with Gasteiger partial charge in [0, 0.05) is 18.2 Å². The molecule has 3 aromatic carbocycles. The molecule has 0 atom stereocenters. The molecule has 0 amide bonds. The van der Waals surface area contributed by atoms with Crippen molar-refractivity contribution >= 4 is 23.1 Å². The lowest BCUT2D eigenvalue weighted by atomic mass is 9.35. The smallest absolute Gasteiger partial charge is 0.207 e. The first-order valence-electron chi connectivity index (χ1n) is 8.69. The van der Waals surface area contributed by atoms with Crippen molar-refractivity contribution in [3.63, 3.8) is 0 Å². The summed E-state index contributed by atoms with van der Waals surface area (Å²) in [6.45, 7) is 1.35. The summed E-state index contributed by atoms with van der Waals surface area (Å²) < 4.78 is 114. The normalized spacial score (nSPS) is 11.2. The molecule has 9 heteroatoms. The molecule has 0 nitrogen and oxygen atoms in total. The zero-order chi connectivity index (χ0) is 22.5. The Morgan fingerprint density at radius 2 is 0.900 bits per heavy atom. The van der Waals surface area contributed by atoms with Crippen LogP contribution in [0, 0.1) is 67.3 Å². The van der Waals surface area contributed by atoms with Crippen LogP contribution in [0.2, 0.25) is 0 Å². The summed E-state index contributed by atoms with van der Waals surface area (Å²) in [4.78, 5) is 0. The van der Waals surface area contributed by atoms with Crippen molar-refractivity contribution in [1.82, 2.24) is 0 Å². The van der Waals surface area contributed by atoms with Gasteiger partial charge >= 0.3 is 0 Å². The molecule has 0 spiro atoms. The first-order chi connectivity index (χ1) is 14.0. The van der Waals surface area contributed by atoms with E-state index in [1.807, 2.05) is 0 Å². The molecule has 0 unspecified atom stereocenters. The summed E-state index contributed by atoms with van der Waals surface area (Å²) in [5, 5.41) is 0. The van der Waals surface area contributed by atoms with E-state index < -0.39 is 80.8 Å². The minimum atomic E-state index is -1.85. The minimum absolute atomic E-state index is 0.113. The second kappa shape index (κ2) is 7.77. The number of hydrogen-bond acceptors (Lipinski definition) is 0. The van der Waals surface area contributed by atoms with E-state index in [0.717, 1.165) is 19.9 Å². The fourth-order valence-corrected chi connectivity index (χ4v) is 3.52. The SMILES string of the molecule is Cc1cc(B(c2c(F)cc(F)c(F)c2C)c2c(F)cc(F)c(F)c2C)c(F)cc1F. The summed E-state index contributed by atoms with van der Waals surface area (Å²) in [5.74, 6) is -11.0. The Labute approximate surface area is 167 Å². The predicted octanol–water partition coefficient (Wildman–Crippen LogP) is 4.24. The number of rotatable bonds is 3. The first kappa shape index (κ1) is 21.9. The molecule has 0 heterocycles. The highest BCUT2D eigenvalue weighted by molar-refractivity contribution is 6.96. The lowest BCUT2D eigenvalue weighted by Crippen LogP contribution is -2.58. The fourth-order valence-electron chi connectivity index (χ4n) is 3.52. The standard InChI is InChI=1S/C21H13BF8/c1-8-4-11(13(24)5-12(8)23)22(18-9(2)20(29)16(27)6-14(18)25)19-10(3)21(30)17(28)7-15(19)26/h4-7H,1-3H3. The zero-order valence-electron chi connectivity index (χ0n) is 15.9. The van der Waals surface area contributed by atoms with Gasteiger partial charge in [0.1, 0.15) is 23.3 Å². The van der Waals surface area contributed by atoms with Crippen LogP contribution in [0.25, 0.3) is 0 Å². The maximum atomic E-state index is 14.8. The average molecular weight is 428 g/mol. The van der Waals surface area contributed by atoms with E-state index >= 15 is 0 Å². The van der Waals surface area contributed by atoms with Gasteiger partial charge in [0.2, 0.25) is 0 Å². The second-order valence-corrected chi connectivity index (χ2v) is 6.94. The van der Waals surface area contributed by atoms with Gasteiger partial charge in [0.25, 0.3) is 6.71 Å². The number of hydrogen-bond donors (Lipinski definition) is 0. The minimum Gasteiger partial charge on any atom is -0.207 e. The topological polar surface area (TPSA) is 0 Å². The summed E-state index contributed by atoms with van der Waals surface area (Å²) in [6.07, 6.45) is 0. The van der Waals surface area contributed by atoms with Crippen molar-refractivity contribution in [3.8, 4) is 0 Å². The fraction of sp³-hybridized carbons (Fsp3) is 0.143. The molecule has 0 N–H and O–H groups in total. The number of halogens is 8. The van der Waals surface area contributed by atoms with Crippen molar-refractivity contribution in [1.29, 1.82) is 0 Å². The zero-order valence-corrected chi connectivity index (χ0v) is 15.9. The first-order valence-corrected chi connectivity index (χ1v) is 8.69. The van der Waals surface area contributed by atoms with E-state index in [9.17, 15) is 35.1 Å². The van der Waals surface area contributed by atoms with E-state index in [1.165, 1.54) is 6.92 Å². The van der Waals surface area contributed by atoms with Crippen LogP contribution < -0.4 is 16.4 Å². The summed E-state index contributed by atoms with van der Waals surface area (Å²) in [5.41, 5.74) is -3.25. The van der Waals surface area contributed by atoms with E-state index in [-0.39, 0.29) is 17.7 Å². The summed E-state index contributed by atoms with van der Waals surface area (Å²) in [7, 11) is 0. The van der Waals surface area contributed by atoms with Crippen LogP contribution in [-0.4, -0.2) is 6.71 Å². The molecule has 0 aromatic heterocycles. The average Bonchev–Trinajstić information content (AvgIpc) is 2.66. The molecule has 3 aromatic rings. The van der Waals surface area contributed by atoms with Gasteiger partial charge in [-0.2, -0.15) is 0 Å². The highest BCUT2D eigenvalue weighted by Crippen LogP contribution is 2.18. The highest BCUT2D eigenvalue weighted by atomic mass is 19.2. The number of aryl methyl sites for hydroxylation is 1. The number of benzene rings is 3. The van der Waals surface area contributed by atoms with Gasteiger partial charge in [0.05, 0.1) is 0 Å². The van der Waals surface area contributed by atoms with Crippen molar-refractivity contribution in [2.45, 2.75) is 20.8 Å². The molecule has 0 saturated heterocycles. The van der Waals surface area contributed by atoms with Gasteiger partial charge in [-0.25, -0.2) is 35.1 Å². The Bertz CT molecular complexity index is 1110. The van der Waals surface area contributed by atoms with Crippen molar-refractivity contribution < 1.29 is 35.1 Å². The van der Waals surface area contributed by atoms with Crippen molar-refractivity contribution in [2.75, 3.05) is 0 Å². The lowest BCUT2D eigenvalue weighted by molar-refractivity contribution is 0.491. The summed E-state index contributed by atoms with van der Waals surface area (Å²) >= 11 is 0. The molecular weight excluding hydrogens is 415 g/mol. The van der Waals surface area contributed by atoms with E-state index in [0.29, 0.717) is 6.07 Å². The largest absolute Gasteiger partial charge is 0.253 e. The summed E-state index contributed by atoms with van der Waals surface area (Å²) in [6, 6.07) is 1.76. The quantitative estimate of drug-likeness (QED) is 0.333. The van der Waals surface area contributed by atoms with Gasteiger partial charge in [-0.1, -0.05) is 6.07 Å².